The van der Waals surface area contributed by atoms with Gasteiger partial charge >= 0.3 is 0 Å². The highest BCUT2D eigenvalue weighted by molar-refractivity contribution is 7.93. The van der Waals surface area contributed by atoms with E-state index in [1.165, 1.54) is 25.4 Å². The predicted octanol–water partition coefficient (Wildman–Crippen LogP) is 3.51. The van der Waals surface area contributed by atoms with E-state index < -0.39 is 28.3 Å². The number of hydrogen-bond acceptors (Lipinski definition) is 5. The van der Waals surface area contributed by atoms with Crippen LogP contribution in [-0.2, 0) is 10.0 Å². The van der Waals surface area contributed by atoms with Gasteiger partial charge in [-0.2, -0.15) is 4.98 Å². The van der Waals surface area contributed by atoms with Crippen molar-refractivity contribution in [2.75, 3.05) is 25.1 Å². The average Bonchev–Trinajstić information content (AvgIpc) is 3.05. The quantitative estimate of drug-likeness (QED) is 0.613. The SMILES string of the molecule is COc1nc(NS(=O)(=O)c2c[nH]c3cc(Cl)ccc23)c(F)cc1OCCF. The Labute approximate surface area is 158 Å². The van der Waals surface area contributed by atoms with Crippen molar-refractivity contribution in [2.24, 2.45) is 0 Å². The Balaban J connectivity index is 1.97. The molecule has 0 fully saturated rings. The summed E-state index contributed by atoms with van der Waals surface area (Å²) < 4.78 is 63.9. The molecule has 2 heterocycles. The van der Waals surface area contributed by atoms with Gasteiger partial charge in [0, 0.05) is 28.2 Å². The first-order valence-electron chi connectivity index (χ1n) is 7.58. The van der Waals surface area contributed by atoms with Crippen LogP contribution in [0.1, 0.15) is 0 Å². The number of halogens is 3. The average molecular weight is 418 g/mol. The van der Waals surface area contributed by atoms with E-state index in [1.807, 2.05) is 0 Å². The predicted molar refractivity (Wildman–Crippen MR) is 96.3 cm³/mol. The van der Waals surface area contributed by atoms with Crippen molar-refractivity contribution in [3.63, 3.8) is 0 Å². The third kappa shape index (κ3) is 3.91. The summed E-state index contributed by atoms with van der Waals surface area (Å²) in [4.78, 5) is 6.45. The number of anilines is 1. The largest absolute Gasteiger partial charge is 0.485 e. The highest BCUT2D eigenvalue weighted by Crippen LogP contribution is 2.31. The van der Waals surface area contributed by atoms with E-state index in [2.05, 4.69) is 14.7 Å². The van der Waals surface area contributed by atoms with E-state index in [-0.39, 0.29) is 23.1 Å². The summed E-state index contributed by atoms with van der Waals surface area (Å²) in [6, 6.07) is 5.50. The molecule has 0 spiro atoms. The lowest BCUT2D eigenvalue weighted by Gasteiger charge is -2.12. The maximum Gasteiger partial charge on any atom is 0.265 e. The molecule has 144 valence electrons. The minimum absolute atomic E-state index is 0.105. The third-order valence-corrected chi connectivity index (χ3v) is 5.18. The molecule has 0 aliphatic rings. The molecule has 1 aromatic carbocycles. The Morgan fingerprint density at radius 2 is 2.11 bits per heavy atom. The second kappa shape index (κ2) is 7.57. The van der Waals surface area contributed by atoms with Gasteiger partial charge in [0.25, 0.3) is 15.9 Å². The van der Waals surface area contributed by atoms with E-state index >= 15 is 0 Å². The molecular weight excluding hydrogens is 404 g/mol. The summed E-state index contributed by atoms with van der Waals surface area (Å²) >= 11 is 5.88. The number of methoxy groups -OCH3 is 1. The summed E-state index contributed by atoms with van der Waals surface area (Å²) in [6.07, 6.45) is 1.26. The van der Waals surface area contributed by atoms with Gasteiger partial charge in [-0.05, 0) is 18.2 Å². The Morgan fingerprint density at radius 1 is 1.33 bits per heavy atom. The molecule has 0 aliphatic carbocycles. The number of hydrogen-bond donors (Lipinski definition) is 2. The lowest BCUT2D eigenvalue weighted by atomic mass is 10.2. The minimum Gasteiger partial charge on any atom is -0.485 e. The number of sulfonamides is 1. The van der Waals surface area contributed by atoms with Crippen LogP contribution in [0.3, 0.4) is 0 Å². The molecular formula is C16H14ClF2N3O4S. The van der Waals surface area contributed by atoms with Crippen molar-refractivity contribution < 1.29 is 26.7 Å². The van der Waals surface area contributed by atoms with Crippen LogP contribution in [0.4, 0.5) is 14.6 Å². The monoisotopic (exact) mass is 417 g/mol. The number of rotatable bonds is 7. The number of H-pyrrole nitrogens is 1. The van der Waals surface area contributed by atoms with Crippen LogP contribution < -0.4 is 14.2 Å². The number of nitrogens with zero attached hydrogens (tertiary/aromatic N) is 1. The molecule has 3 aromatic rings. The maximum atomic E-state index is 14.3. The smallest absolute Gasteiger partial charge is 0.265 e. The number of ether oxygens (including phenoxy) is 2. The first-order chi connectivity index (χ1) is 12.9. The molecule has 0 radical (unpaired) electrons. The van der Waals surface area contributed by atoms with Crippen LogP contribution in [0.15, 0.2) is 35.4 Å². The molecule has 3 rings (SSSR count). The van der Waals surface area contributed by atoms with Crippen LogP contribution in [0, 0.1) is 5.82 Å². The highest BCUT2D eigenvalue weighted by atomic mass is 35.5. The van der Waals surface area contributed by atoms with Crippen LogP contribution in [0.2, 0.25) is 5.02 Å². The molecule has 2 aromatic heterocycles. The number of aromatic amines is 1. The van der Waals surface area contributed by atoms with Gasteiger partial charge in [0.1, 0.15) is 18.2 Å². The van der Waals surface area contributed by atoms with Crippen molar-refractivity contribution in [3.8, 4) is 11.6 Å². The normalized spacial score (nSPS) is 11.6. The molecule has 0 aliphatic heterocycles. The van der Waals surface area contributed by atoms with Crippen molar-refractivity contribution in [1.29, 1.82) is 0 Å². The van der Waals surface area contributed by atoms with Gasteiger partial charge in [0.15, 0.2) is 17.4 Å². The Bertz CT molecular complexity index is 1090. The van der Waals surface area contributed by atoms with Gasteiger partial charge < -0.3 is 14.5 Å². The summed E-state index contributed by atoms with van der Waals surface area (Å²) in [5.41, 5.74) is 0.504. The number of aromatic nitrogens is 2. The molecule has 2 N–H and O–H groups in total. The first-order valence-corrected chi connectivity index (χ1v) is 9.44. The van der Waals surface area contributed by atoms with Gasteiger partial charge in [-0.1, -0.05) is 11.6 Å². The zero-order chi connectivity index (χ0) is 19.6. The van der Waals surface area contributed by atoms with Crippen molar-refractivity contribution >= 4 is 38.3 Å². The second-order valence-electron chi connectivity index (χ2n) is 5.31. The topological polar surface area (TPSA) is 93.3 Å². The van der Waals surface area contributed by atoms with E-state index in [9.17, 15) is 17.2 Å². The molecule has 0 amide bonds. The molecule has 0 atom stereocenters. The third-order valence-electron chi connectivity index (χ3n) is 3.56. The zero-order valence-corrected chi connectivity index (χ0v) is 15.5. The summed E-state index contributed by atoms with van der Waals surface area (Å²) in [5.74, 6) is -1.91. The van der Waals surface area contributed by atoms with Gasteiger partial charge in [-0.25, -0.2) is 17.2 Å². The summed E-state index contributed by atoms with van der Waals surface area (Å²) in [7, 11) is -2.93. The molecule has 7 nitrogen and oxygen atoms in total. The zero-order valence-electron chi connectivity index (χ0n) is 13.9. The molecule has 0 bridgehead atoms. The first kappa shape index (κ1) is 19.2. The van der Waals surface area contributed by atoms with E-state index in [4.69, 9.17) is 21.1 Å². The van der Waals surface area contributed by atoms with Gasteiger partial charge in [0.05, 0.1) is 7.11 Å². The molecule has 27 heavy (non-hydrogen) atoms. The lowest BCUT2D eigenvalue weighted by Crippen LogP contribution is -2.15. The molecule has 11 heteroatoms. The maximum absolute atomic E-state index is 14.3. The fourth-order valence-electron chi connectivity index (χ4n) is 2.40. The number of fused-ring (bicyclic) bond motifs is 1. The minimum atomic E-state index is -4.17. The molecule has 0 saturated carbocycles. The van der Waals surface area contributed by atoms with Crippen molar-refractivity contribution in [3.05, 3.63) is 41.3 Å². The standard InChI is InChI=1S/C16H14ClF2N3O4S/c1-25-16-13(26-5-4-18)7-11(19)15(21-16)22-27(23,24)14-8-20-12-6-9(17)2-3-10(12)14/h2-3,6-8,20H,4-5H2,1H3,(H,21,22). The van der Waals surface area contributed by atoms with E-state index in [0.717, 1.165) is 6.07 Å². The Kier molecular flexibility index (Phi) is 5.38. The van der Waals surface area contributed by atoms with Crippen LogP contribution in [0.25, 0.3) is 10.9 Å². The Morgan fingerprint density at radius 3 is 2.81 bits per heavy atom. The van der Waals surface area contributed by atoms with E-state index in [0.29, 0.717) is 15.9 Å². The van der Waals surface area contributed by atoms with Crippen LogP contribution in [-0.4, -0.2) is 38.8 Å². The van der Waals surface area contributed by atoms with E-state index in [1.54, 1.807) is 6.07 Å². The van der Waals surface area contributed by atoms with Gasteiger partial charge in [0.2, 0.25) is 0 Å². The fourth-order valence-corrected chi connectivity index (χ4v) is 3.76. The number of benzene rings is 1. The summed E-state index contributed by atoms with van der Waals surface area (Å²) in [5, 5.41) is 0.810. The second-order valence-corrected chi connectivity index (χ2v) is 7.40. The highest BCUT2D eigenvalue weighted by Gasteiger charge is 2.23. The van der Waals surface area contributed by atoms with Crippen LogP contribution in [0.5, 0.6) is 11.6 Å². The van der Waals surface area contributed by atoms with Crippen molar-refractivity contribution in [1.82, 2.24) is 9.97 Å². The fraction of sp³-hybridized carbons (Fsp3) is 0.188. The molecule has 0 saturated heterocycles. The van der Waals surface area contributed by atoms with Gasteiger partial charge in [-0.3, -0.25) is 4.72 Å². The Hall–Kier alpha value is -2.59. The number of pyridine rings is 1. The number of alkyl halides is 1. The number of nitrogens with one attached hydrogen (secondary N) is 2. The van der Waals surface area contributed by atoms with Crippen molar-refractivity contribution in [2.45, 2.75) is 4.90 Å². The molecule has 0 unspecified atom stereocenters. The summed E-state index contributed by atoms with van der Waals surface area (Å²) in [6.45, 7) is -1.11. The van der Waals surface area contributed by atoms with Gasteiger partial charge in [-0.15, -0.1) is 0 Å². The lowest BCUT2D eigenvalue weighted by molar-refractivity contribution is 0.255. The van der Waals surface area contributed by atoms with Crippen LogP contribution >= 0.6 is 11.6 Å².